The first-order valence-corrected chi connectivity index (χ1v) is 6.47. The average Bonchev–Trinajstić information content (AvgIpc) is 2.75. The van der Waals surface area contributed by atoms with Crippen molar-refractivity contribution in [2.45, 2.75) is 32.2 Å². The predicted octanol–water partition coefficient (Wildman–Crippen LogP) is 1.40. The van der Waals surface area contributed by atoms with E-state index in [4.69, 9.17) is 5.73 Å². The Hall–Kier alpha value is -0.940. The van der Waals surface area contributed by atoms with Crippen molar-refractivity contribution >= 4 is 17.2 Å². The Morgan fingerprint density at radius 1 is 1.69 bits per heavy atom. The first-order valence-electron chi connectivity index (χ1n) is 5.66. The summed E-state index contributed by atoms with van der Waals surface area (Å²) in [6.07, 6.45) is 4.96. The largest absolute Gasteiger partial charge is 0.334 e. The highest BCUT2D eigenvalue weighted by Crippen LogP contribution is 2.21. The second-order valence-electron chi connectivity index (χ2n) is 4.13. The van der Waals surface area contributed by atoms with Crippen molar-refractivity contribution in [3.05, 3.63) is 16.1 Å². The number of thiazole rings is 1. The fraction of sp³-hybridized carbons (Fsp3) is 0.636. The van der Waals surface area contributed by atoms with E-state index < -0.39 is 0 Å². The van der Waals surface area contributed by atoms with Gasteiger partial charge in [-0.05, 0) is 26.2 Å². The van der Waals surface area contributed by atoms with Crippen LogP contribution < -0.4 is 5.73 Å². The standard InChI is InChI=1S/C11H17N3OS/c1-8-13-7-10(16-8)11(15)14-5-3-2-4-9(14)6-12/h7,9H,2-6,12H2,1H3. The van der Waals surface area contributed by atoms with Crippen LogP contribution in [0.25, 0.3) is 0 Å². The topological polar surface area (TPSA) is 59.2 Å². The van der Waals surface area contributed by atoms with E-state index in [1.165, 1.54) is 17.8 Å². The Balaban J connectivity index is 2.13. The van der Waals surface area contributed by atoms with E-state index in [1.807, 2.05) is 11.8 Å². The quantitative estimate of drug-likeness (QED) is 0.848. The number of piperidine rings is 1. The third-order valence-corrected chi connectivity index (χ3v) is 3.89. The number of rotatable bonds is 2. The van der Waals surface area contributed by atoms with Crippen LogP contribution in [0.3, 0.4) is 0 Å². The number of hydrogen-bond donors (Lipinski definition) is 1. The van der Waals surface area contributed by atoms with E-state index in [9.17, 15) is 4.79 Å². The van der Waals surface area contributed by atoms with Gasteiger partial charge < -0.3 is 10.6 Å². The van der Waals surface area contributed by atoms with Crippen LogP contribution in [0.5, 0.6) is 0 Å². The molecule has 0 aliphatic carbocycles. The lowest BCUT2D eigenvalue weighted by Crippen LogP contribution is -2.47. The molecule has 5 heteroatoms. The molecule has 1 saturated heterocycles. The summed E-state index contributed by atoms with van der Waals surface area (Å²) in [5.41, 5.74) is 5.71. The second kappa shape index (κ2) is 4.93. The van der Waals surface area contributed by atoms with Crippen LogP contribution in [0.1, 0.15) is 33.9 Å². The smallest absolute Gasteiger partial charge is 0.265 e. The molecule has 0 aromatic carbocycles. The first kappa shape index (κ1) is 11.5. The Bertz CT molecular complexity index is 377. The van der Waals surface area contributed by atoms with Gasteiger partial charge in [0.1, 0.15) is 4.88 Å². The molecule has 1 unspecified atom stereocenters. The van der Waals surface area contributed by atoms with Gasteiger partial charge in [-0.15, -0.1) is 11.3 Å². The van der Waals surface area contributed by atoms with Gasteiger partial charge in [0.15, 0.2) is 0 Å². The Morgan fingerprint density at radius 2 is 2.50 bits per heavy atom. The maximum Gasteiger partial charge on any atom is 0.265 e. The van der Waals surface area contributed by atoms with Gasteiger partial charge in [0, 0.05) is 19.1 Å². The fourth-order valence-corrected chi connectivity index (χ4v) is 2.85. The summed E-state index contributed by atoms with van der Waals surface area (Å²) in [6, 6.07) is 0.212. The predicted molar refractivity (Wildman–Crippen MR) is 64.6 cm³/mol. The Kier molecular flexibility index (Phi) is 3.56. The zero-order valence-electron chi connectivity index (χ0n) is 9.48. The minimum Gasteiger partial charge on any atom is -0.334 e. The van der Waals surface area contributed by atoms with E-state index in [2.05, 4.69) is 4.98 Å². The Morgan fingerprint density at radius 3 is 3.12 bits per heavy atom. The maximum absolute atomic E-state index is 12.2. The van der Waals surface area contributed by atoms with Gasteiger partial charge >= 0.3 is 0 Å². The molecule has 2 heterocycles. The van der Waals surface area contributed by atoms with Crippen molar-refractivity contribution in [1.29, 1.82) is 0 Å². The molecule has 0 spiro atoms. The number of aryl methyl sites for hydroxylation is 1. The van der Waals surface area contributed by atoms with Crippen molar-refractivity contribution in [3.8, 4) is 0 Å². The molecule has 1 aliphatic heterocycles. The van der Waals surface area contributed by atoms with Crippen LogP contribution in [0.15, 0.2) is 6.20 Å². The molecule has 0 bridgehead atoms. The van der Waals surface area contributed by atoms with Gasteiger partial charge in [-0.25, -0.2) is 4.98 Å². The minimum absolute atomic E-state index is 0.0979. The zero-order valence-corrected chi connectivity index (χ0v) is 10.3. The molecule has 1 aliphatic rings. The number of likely N-dealkylation sites (tertiary alicyclic amines) is 1. The van der Waals surface area contributed by atoms with Crippen LogP contribution in [0.4, 0.5) is 0 Å². The van der Waals surface area contributed by atoms with Crippen molar-refractivity contribution in [2.75, 3.05) is 13.1 Å². The van der Waals surface area contributed by atoms with Gasteiger partial charge in [-0.3, -0.25) is 4.79 Å². The number of nitrogens with two attached hydrogens (primary N) is 1. The molecule has 1 aromatic rings. The van der Waals surface area contributed by atoms with Crippen LogP contribution in [-0.2, 0) is 0 Å². The highest BCUT2D eigenvalue weighted by Gasteiger charge is 2.27. The lowest BCUT2D eigenvalue weighted by atomic mass is 10.0. The lowest BCUT2D eigenvalue weighted by molar-refractivity contribution is 0.0628. The van der Waals surface area contributed by atoms with Gasteiger partial charge in [-0.2, -0.15) is 0 Å². The molecule has 4 nitrogen and oxygen atoms in total. The minimum atomic E-state index is 0.0979. The lowest BCUT2D eigenvalue weighted by Gasteiger charge is -2.34. The molecule has 88 valence electrons. The molecule has 1 atom stereocenters. The highest BCUT2D eigenvalue weighted by molar-refractivity contribution is 7.13. The summed E-state index contributed by atoms with van der Waals surface area (Å²) < 4.78 is 0. The third-order valence-electron chi connectivity index (χ3n) is 2.99. The summed E-state index contributed by atoms with van der Waals surface area (Å²) in [6.45, 7) is 3.30. The maximum atomic E-state index is 12.2. The molecule has 1 fully saturated rings. The van der Waals surface area contributed by atoms with E-state index >= 15 is 0 Å². The molecular formula is C11H17N3OS. The van der Waals surface area contributed by atoms with Crippen molar-refractivity contribution in [1.82, 2.24) is 9.88 Å². The monoisotopic (exact) mass is 239 g/mol. The molecule has 0 saturated carbocycles. The summed E-state index contributed by atoms with van der Waals surface area (Å²) in [4.78, 5) is 19.0. The third kappa shape index (κ3) is 2.25. The molecule has 2 N–H and O–H groups in total. The number of nitrogens with zero attached hydrogens (tertiary/aromatic N) is 2. The van der Waals surface area contributed by atoms with Gasteiger partial charge in [0.25, 0.3) is 5.91 Å². The van der Waals surface area contributed by atoms with Crippen LogP contribution >= 0.6 is 11.3 Å². The second-order valence-corrected chi connectivity index (χ2v) is 5.36. The molecule has 0 radical (unpaired) electrons. The first-order chi connectivity index (χ1) is 7.72. The molecule has 1 aromatic heterocycles. The van der Waals surface area contributed by atoms with Crippen LogP contribution in [-0.4, -0.2) is 34.9 Å². The zero-order chi connectivity index (χ0) is 11.5. The van der Waals surface area contributed by atoms with E-state index in [1.54, 1.807) is 6.20 Å². The Labute approximate surface area is 99.5 Å². The van der Waals surface area contributed by atoms with Gasteiger partial charge in [0.05, 0.1) is 11.2 Å². The number of carbonyl (C=O) groups is 1. The van der Waals surface area contributed by atoms with Crippen molar-refractivity contribution in [3.63, 3.8) is 0 Å². The van der Waals surface area contributed by atoms with E-state index in [-0.39, 0.29) is 11.9 Å². The van der Waals surface area contributed by atoms with E-state index in [0.29, 0.717) is 6.54 Å². The van der Waals surface area contributed by atoms with Gasteiger partial charge in [0.2, 0.25) is 0 Å². The molecule has 1 amide bonds. The summed E-state index contributed by atoms with van der Waals surface area (Å²) in [7, 11) is 0. The average molecular weight is 239 g/mol. The summed E-state index contributed by atoms with van der Waals surface area (Å²) in [5, 5.41) is 0.935. The molecular weight excluding hydrogens is 222 g/mol. The van der Waals surface area contributed by atoms with Gasteiger partial charge in [-0.1, -0.05) is 0 Å². The highest BCUT2D eigenvalue weighted by atomic mass is 32.1. The van der Waals surface area contributed by atoms with Crippen molar-refractivity contribution in [2.24, 2.45) is 5.73 Å². The van der Waals surface area contributed by atoms with E-state index in [0.717, 1.165) is 29.3 Å². The SMILES string of the molecule is Cc1ncc(C(=O)N2CCCCC2CN)s1. The summed E-state index contributed by atoms with van der Waals surface area (Å²) >= 11 is 1.46. The normalized spacial score (nSPS) is 21.1. The number of aromatic nitrogens is 1. The van der Waals surface area contributed by atoms with Crippen molar-refractivity contribution < 1.29 is 4.79 Å². The fourth-order valence-electron chi connectivity index (χ4n) is 2.11. The van der Waals surface area contributed by atoms with Crippen LogP contribution in [0.2, 0.25) is 0 Å². The number of carbonyl (C=O) groups excluding carboxylic acids is 1. The molecule has 16 heavy (non-hydrogen) atoms. The van der Waals surface area contributed by atoms with Crippen LogP contribution in [0, 0.1) is 6.92 Å². The summed E-state index contributed by atoms with van der Waals surface area (Å²) in [5.74, 6) is 0.0979. The number of hydrogen-bond acceptors (Lipinski definition) is 4. The molecule has 2 rings (SSSR count). The number of amides is 1.